The lowest BCUT2D eigenvalue weighted by molar-refractivity contribution is -0.120. The van der Waals surface area contributed by atoms with Gasteiger partial charge in [0.25, 0.3) is 0 Å². The third kappa shape index (κ3) is 6.42. The molecular formula is C19H26N2O2S. The van der Waals surface area contributed by atoms with Crippen molar-refractivity contribution >= 4 is 17.2 Å². The van der Waals surface area contributed by atoms with Crippen LogP contribution < -0.4 is 5.32 Å². The van der Waals surface area contributed by atoms with Crippen molar-refractivity contribution in [1.82, 2.24) is 10.3 Å². The number of carbonyl (C=O) groups excluding carboxylic acids is 1. The van der Waals surface area contributed by atoms with Gasteiger partial charge in [-0.1, -0.05) is 37.1 Å². The Morgan fingerprint density at radius 2 is 2.12 bits per heavy atom. The van der Waals surface area contributed by atoms with Crippen LogP contribution >= 0.6 is 11.3 Å². The van der Waals surface area contributed by atoms with Crippen LogP contribution in [0.1, 0.15) is 37.4 Å². The highest BCUT2D eigenvalue weighted by atomic mass is 32.1. The zero-order valence-corrected chi connectivity index (χ0v) is 15.3. The molecule has 1 aromatic carbocycles. The van der Waals surface area contributed by atoms with Crippen LogP contribution in [0.3, 0.4) is 0 Å². The van der Waals surface area contributed by atoms with E-state index >= 15 is 0 Å². The summed E-state index contributed by atoms with van der Waals surface area (Å²) >= 11 is 1.58. The van der Waals surface area contributed by atoms with E-state index in [9.17, 15) is 4.79 Å². The third-order valence-corrected chi connectivity index (χ3v) is 4.53. The highest BCUT2D eigenvalue weighted by Crippen LogP contribution is 2.24. The molecule has 0 saturated carbocycles. The van der Waals surface area contributed by atoms with Crippen LogP contribution in [0, 0.1) is 6.92 Å². The monoisotopic (exact) mass is 346 g/mol. The molecule has 24 heavy (non-hydrogen) atoms. The predicted octanol–water partition coefficient (Wildman–Crippen LogP) is 3.98. The maximum Gasteiger partial charge on any atom is 0.226 e. The van der Waals surface area contributed by atoms with Crippen molar-refractivity contribution in [1.29, 1.82) is 0 Å². The topological polar surface area (TPSA) is 51.2 Å². The van der Waals surface area contributed by atoms with Crippen molar-refractivity contribution < 1.29 is 9.53 Å². The SMILES string of the molecule is CCCCOCCCNC(=O)Cc1csc(-c2cccc(C)c2)n1. The molecule has 4 nitrogen and oxygen atoms in total. The lowest BCUT2D eigenvalue weighted by atomic mass is 10.1. The molecule has 0 saturated heterocycles. The van der Waals surface area contributed by atoms with E-state index in [1.807, 2.05) is 17.5 Å². The Morgan fingerprint density at radius 1 is 1.29 bits per heavy atom. The summed E-state index contributed by atoms with van der Waals surface area (Å²) in [4.78, 5) is 16.5. The van der Waals surface area contributed by atoms with Crippen molar-refractivity contribution in [3.63, 3.8) is 0 Å². The molecule has 1 amide bonds. The number of amides is 1. The summed E-state index contributed by atoms with van der Waals surface area (Å²) < 4.78 is 5.47. The Kier molecular flexibility index (Phi) is 7.92. The van der Waals surface area contributed by atoms with Crippen molar-refractivity contribution in [3.05, 3.63) is 40.9 Å². The summed E-state index contributed by atoms with van der Waals surface area (Å²) in [5, 5.41) is 5.85. The molecule has 0 unspecified atom stereocenters. The van der Waals surface area contributed by atoms with Gasteiger partial charge in [-0.3, -0.25) is 4.79 Å². The fourth-order valence-electron chi connectivity index (χ4n) is 2.28. The molecule has 0 aliphatic carbocycles. The van der Waals surface area contributed by atoms with E-state index in [0.29, 0.717) is 19.6 Å². The second-order valence-electron chi connectivity index (χ2n) is 5.86. The van der Waals surface area contributed by atoms with E-state index in [2.05, 4.69) is 36.3 Å². The molecule has 130 valence electrons. The second-order valence-corrected chi connectivity index (χ2v) is 6.72. The maximum absolute atomic E-state index is 12.0. The average molecular weight is 346 g/mol. The highest BCUT2D eigenvalue weighted by Gasteiger charge is 2.09. The van der Waals surface area contributed by atoms with Gasteiger partial charge in [-0.2, -0.15) is 0 Å². The van der Waals surface area contributed by atoms with Crippen LogP contribution in [0.5, 0.6) is 0 Å². The maximum atomic E-state index is 12.0. The second kappa shape index (κ2) is 10.2. The number of nitrogens with one attached hydrogen (secondary N) is 1. The van der Waals surface area contributed by atoms with Crippen LogP contribution in [0.25, 0.3) is 10.6 Å². The fraction of sp³-hybridized carbons (Fsp3) is 0.474. The van der Waals surface area contributed by atoms with E-state index in [1.54, 1.807) is 11.3 Å². The number of nitrogens with zero attached hydrogens (tertiary/aromatic N) is 1. The summed E-state index contributed by atoms with van der Waals surface area (Å²) in [6.45, 7) is 6.38. The Hall–Kier alpha value is -1.72. The first kappa shape index (κ1) is 18.6. The minimum atomic E-state index is 0.0182. The lowest BCUT2D eigenvalue weighted by Crippen LogP contribution is -2.27. The van der Waals surface area contributed by atoms with Crippen molar-refractivity contribution in [2.45, 2.75) is 39.5 Å². The molecule has 0 spiro atoms. The fourth-order valence-corrected chi connectivity index (χ4v) is 3.09. The normalized spacial score (nSPS) is 10.8. The molecule has 0 aliphatic rings. The number of aromatic nitrogens is 1. The predicted molar refractivity (Wildman–Crippen MR) is 99.3 cm³/mol. The smallest absolute Gasteiger partial charge is 0.226 e. The molecule has 5 heteroatoms. The minimum absolute atomic E-state index is 0.0182. The van der Waals surface area contributed by atoms with Gasteiger partial charge in [-0.05, 0) is 25.8 Å². The molecule has 0 radical (unpaired) electrons. The molecule has 0 aliphatic heterocycles. The van der Waals surface area contributed by atoms with Crippen LogP contribution in [0.4, 0.5) is 0 Å². The Labute approximate surface area is 148 Å². The average Bonchev–Trinajstić information content (AvgIpc) is 3.02. The van der Waals surface area contributed by atoms with Crippen LogP contribution in [-0.2, 0) is 16.0 Å². The van der Waals surface area contributed by atoms with E-state index in [4.69, 9.17) is 4.74 Å². The molecule has 1 aromatic heterocycles. The van der Waals surface area contributed by atoms with Crippen molar-refractivity contribution in [3.8, 4) is 10.6 Å². The zero-order chi connectivity index (χ0) is 17.2. The van der Waals surface area contributed by atoms with Gasteiger partial charge in [0.1, 0.15) is 5.01 Å². The summed E-state index contributed by atoms with van der Waals surface area (Å²) in [5.41, 5.74) is 3.15. The van der Waals surface area contributed by atoms with Crippen LogP contribution in [0.2, 0.25) is 0 Å². The first-order chi connectivity index (χ1) is 11.7. The molecule has 0 atom stereocenters. The Morgan fingerprint density at radius 3 is 2.92 bits per heavy atom. The van der Waals surface area contributed by atoms with Gasteiger partial charge in [0.15, 0.2) is 0 Å². The van der Waals surface area contributed by atoms with Gasteiger partial charge in [0.2, 0.25) is 5.91 Å². The number of hydrogen-bond donors (Lipinski definition) is 1. The summed E-state index contributed by atoms with van der Waals surface area (Å²) in [7, 11) is 0. The quantitative estimate of drug-likeness (QED) is 0.662. The minimum Gasteiger partial charge on any atom is -0.381 e. The van der Waals surface area contributed by atoms with Gasteiger partial charge in [-0.25, -0.2) is 4.98 Å². The molecular weight excluding hydrogens is 320 g/mol. The molecule has 2 aromatic rings. The molecule has 1 N–H and O–H groups in total. The van der Waals surface area contributed by atoms with E-state index < -0.39 is 0 Å². The first-order valence-corrected chi connectivity index (χ1v) is 9.43. The molecule has 2 rings (SSSR count). The summed E-state index contributed by atoms with van der Waals surface area (Å²) in [6, 6.07) is 8.26. The first-order valence-electron chi connectivity index (χ1n) is 8.55. The van der Waals surface area contributed by atoms with Crippen LogP contribution in [-0.4, -0.2) is 30.6 Å². The largest absolute Gasteiger partial charge is 0.381 e. The standard InChI is InChI=1S/C19H26N2O2S/c1-3-4-10-23-11-6-9-20-18(22)13-17-14-24-19(21-17)16-8-5-7-15(2)12-16/h5,7-8,12,14H,3-4,6,9-11,13H2,1-2H3,(H,20,22). The van der Waals surface area contributed by atoms with Crippen molar-refractivity contribution in [2.75, 3.05) is 19.8 Å². The van der Waals surface area contributed by atoms with Gasteiger partial charge in [-0.15, -0.1) is 11.3 Å². The lowest BCUT2D eigenvalue weighted by Gasteiger charge is -2.05. The van der Waals surface area contributed by atoms with Gasteiger partial charge >= 0.3 is 0 Å². The third-order valence-electron chi connectivity index (χ3n) is 3.59. The van der Waals surface area contributed by atoms with Gasteiger partial charge < -0.3 is 10.1 Å². The number of benzene rings is 1. The molecule has 0 bridgehead atoms. The van der Waals surface area contributed by atoms with E-state index in [0.717, 1.165) is 42.1 Å². The molecule has 1 heterocycles. The zero-order valence-electron chi connectivity index (χ0n) is 14.5. The molecule has 0 fully saturated rings. The highest BCUT2D eigenvalue weighted by molar-refractivity contribution is 7.13. The van der Waals surface area contributed by atoms with E-state index in [-0.39, 0.29) is 5.91 Å². The number of ether oxygens (including phenoxy) is 1. The Bertz CT molecular complexity index is 640. The van der Waals surface area contributed by atoms with Crippen LogP contribution in [0.15, 0.2) is 29.6 Å². The van der Waals surface area contributed by atoms with Gasteiger partial charge in [0, 0.05) is 30.7 Å². The number of carbonyl (C=O) groups is 1. The summed E-state index contributed by atoms with van der Waals surface area (Å²) in [5.74, 6) is 0.0182. The number of aryl methyl sites for hydroxylation is 1. The number of thiazole rings is 1. The van der Waals surface area contributed by atoms with Crippen molar-refractivity contribution in [2.24, 2.45) is 0 Å². The van der Waals surface area contributed by atoms with Gasteiger partial charge in [0.05, 0.1) is 12.1 Å². The number of unbranched alkanes of at least 4 members (excludes halogenated alkanes) is 1. The van der Waals surface area contributed by atoms with E-state index in [1.165, 1.54) is 5.56 Å². The Balaban J connectivity index is 1.71. The number of rotatable bonds is 10. The number of hydrogen-bond acceptors (Lipinski definition) is 4. The summed E-state index contributed by atoms with van der Waals surface area (Å²) in [6.07, 6.45) is 3.43.